The molecule has 0 saturated carbocycles. The topological polar surface area (TPSA) is 60.5 Å². The van der Waals surface area contributed by atoms with Crippen molar-refractivity contribution in [3.05, 3.63) is 53.3 Å². The van der Waals surface area contributed by atoms with Crippen LogP contribution in [0.15, 0.2) is 36.5 Å². The molecule has 1 amide bonds. The number of nitrogens with zero attached hydrogens (tertiary/aromatic N) is 1. The molecule has 0 radical (unpaired) electrons. The van der Waals surface area contributed by atoms with E-state index in [1.54, 1.807) is 19.4 Å². The summed E-state index contributed by atoms with van der Waals surface area (Å²) < 4.78 is 11.0. The van der Waals surface area contributed by atoms with E-state index in [1.165, 1.54) is 0 Å². The second-order valence-electron chi connectivity index (χ2n) is 5.64. The third-order valence-corrected chi connectivity index (χ3v) is 3.67. The molecule has 1 heterocycles. The van der Waals surface area contributed by atoms with Crippen molar-refractivity contribution in [2.24, 2.45) is 0 Å². The van der Waals surface area contributed by atoms with Gasteiger partial charge in [0.25, 0.3) is 5.91 Å². The second kappa shape index (κ2) is 8.34. The first-order chi connectivity index (χ1) is 11.5. The number of hydrogen-bond donors (Lipinski definition) is 1. The van der Waals surface area contributed by atoms with Gasteiger partial charge in [0.05, 0.1) is 25.3 Å². The number of carbonyl (C=O) groups excluding carboxylic acids is 1. The molecule has 2 rings (SSSR count). The van der Waals surface area contributed by atoms with E-state index in [0.717, 1.165) is 17.7 Å². The van der Waals surface area contributed by atoms with Gasteiger partial charge in [-0.15, -0.1) is 0 Å². The molecule has 0 aliphatic rings. The Labute approximate surface area is 143 Å². The summed E-state index contributed by atoms with van der Waals surface area (Å²) in [5, 5.41) is 2.97. The minimum atomic E-state index is -0.159. The van der Waals surface area contributed by atoms with E-state index < -0.39 is 0 Å². The molecule has 1 atom stereocenters. The van der Waals surface area contributed by atoms with Gasteiger partial charge in [-0.25, -0.2) is 0 Å². The number of carbonyl (C=O) groups is 1. The van der Waals surface area contributed by atoms with Crippen LogP contribution in [0.25, 0.3) is 0 Å². The molecule has 0 spiro atoms. The number of amides is 1. The summed E-state index contributed by atoms with van der Waals surface area (Å²) >= 11 is 0. The highest BCUT2D eigenvalue weighted by Gasteiger charge is 2.14. The minimum Gasteiger partial charge on any atom is -0.493 e. The Bertz CT molecular complexity index is 684. The fourth-order valence-corrected chi connectivity index (χ4v) is 2.25. The molecular formula is C19H24N2O3. The van der Waals surface area contributed by atoms with E-state index in [9.17, 15) is 4.79 Å². The van der Waals surface area contributed by atoms with Crippen LogP contribution in [0.3, 0.4) is 0 Å². The number of aromatic nitrogens is 1. The van der Waals surface area contributed by atoms with Crippen molar-refractivity contribution in [2.75, 3.05) is 13.7 Å². The number of methoxy groups -OCH3 is 1. The number of rotatable bonds is 7. The molecule has 0 aliphatic heterocycles. The lowest BCUT2D eigenvalue weighted by molar-refractivity contribution is 0.0939. The van der Waals surface area contributed by atoms with Crippen molar-refractivity contribution >= 4 is 5.91 Å². The van der Waals surface area contributed by atoms with Crippen LogP contribution in [-0.2, 0) is 0 Å². The molecule has 1 aromatic heterocycles. The fraction of sp³-hybridized carbons (Fsp3) is 0.368. The smallest absolute Gasteiger partial charge is 0.253 e. The molecule has 0 bridgehead atoms. The van der Waals surface area contributed by atoms with Crippen molar-refractivity contribution < 1.29 is 14.3 Å². The molecule has 1 aromatic carbocycles. The molecule has 0 saturated heterocycles. The number of hydrogen-bond acceptors (Lipinski definition) is 4. The van der Waals surface area contributed by atoms with Gasteiger partial charge in [0.1, 0.15) is 0 Å². The Balaban J connectivity index is 2.09. The average molecular weight is 328 g/mol. The van der Waals surface area contributed by atoms with E-state index in [-0.39, 0.29) is 11.9 Å². The Hall–Kier alpha value is -2.56. The zero-order chi connectivity index (χ0) is 17.5. The number of ether oxygens (including phenoxy) is 2. The summed E-state index contributed by atoms with van der Waals surface area (Å²) in [5.74, 6) is 1.23. The van der Waals surface area contributed by atoms with Crippen molar-refractivity contribution in [3.8, 4) is 11.5 Å². The molecule has 1 unspecified atom stereocenters. The van der Waals surface area contributed by atoms with Gasteiger partial charge < -0.3 is 14.8 Å². The maximum atomic E-state index is 12.3. The average Bonchev–Trinajstić information content (AvgIpc) is 2.60. The number of benzene rings is 1. The monoisotopic (exact) mass is 328 g/mol. The first-order valence-electron chi connectivity index (χ1n) is 8.09. The quantitative estimate of drug-likeness (QED) is 0.842. The molecule has 5 nitrogen and oxygen atoms in total. The van der Waals surface area contributed by atoms with Crippen molar-refractivity contribution in [1.29, 1.82) is 0 Å². The van der Waals surface area contributed by atoms with Crippen LogP contribution in [0.1, 0.15) is 47.9 Å². The molecule has 0 fully saturated rings. The van der Waals surface area contributed by atoms with Crippen molar-refractivity contribution in [1.82, 2.24) is 10.3 Å². The highest BCUT2D eigenvalue weighted by molar-refractivity contribution is 5.94. The minimum absolute atomic E-state index is 0.153. The summed E-state index contributed by atoms with van der Waals surface area (Å²) in [5.41, 5.74) is 2.37. The van der Waals surface area contributed by atoms with E-state index in [0.29, 0.717) is 23.7 Å². The Kier molecular flexibility index (Phi) is 6.18. The van der Waals surface area contributed by atoms with Crippen LogP contribution < -0.4 is 14.8 Å². The zero-order valence-electron chi connectivity index (χ0n) is 14.6. The highest BCUT2D eigenvalue weighted by Crippen LogP contribution is 2.30. The number of aryl methyl sites for hydroxylation is 1. The Morgan fingerprint density at radius 2 is 2.04 bits per heavy atom. The summed E-state index contributed by atoms with van der Waals surface area (Å²) in [6, 6.07) is 9.14. The summed E-state index contributed by atoms with van der Waals surface area (Å²) in [6.07, 6.45) is 2.52. The first kappa shape index (κ1) is 17.8. The zero-order valence-corrected chi connectivity index (χ0v) is 14.6. The Morgan fingerprint density at radius 3 is 2.67 bits per heavy atom. The van der Waals surface area contributed by atoms with Gasteiger partial charge in [0.15, 0.2) is 11.5 Å². The molecular weight excluding hydrogens is 304 g/mol. The van der Waals surface area contributed by atoms with E-state index >= 15 is 0 Å². The predicted octanol–water partition coefficient (Wildman–Crippen LogP) is 3.68. The number of pyridine rings is 1. The maximum Gasteiger partial charge on any atom is 0.253 e. The SMILES string of the molecule is CCCOc1ccc(C(C)NC(=O)c2ccc(C)nc2)cc1OC. The lowest BCUT2D eigenvalue weighted by Gasteiger charge is -2.17. The molecule has 5 heteroatoms. The maximum absolute atomic E-state index is 12.3. The van der Waals surface area contributed by atoms with Gasteiger partial charge >= 0.3 is 0 Å². The predicted molar refractivity (Wildman–Crippen MR) is 93.6 cm³/mol. The van der Waals surface area contributed by atoms with Gasteiger partial charge in [-0.3, -0.25) is 9.78 Å². The molecule has 1 N–H and O–H groups in total. The standard InChI is InChI=1S/C19H24N2O3/c1-5-10-24-17-9-8-15(11-18(17)23-4)14(3)21-19(22)16-7-6-13(2)20-12-16/h6-9,11-12,14H,5,10H2,1-4H3,(H,21,22). The molecule has 2 aromatic rings. The van der Waals surface area contributed by atoms with Crippen LogP contribution in [0.5, 0.6) is 11.5 Å². The highest BCUT2D eigenvalue weighted by atomic mass is 16.5. The van der Waals surface area contributed by atoms with Gasteiger partial charge in [-0.05, 0) is 50.1 Å². The van der Waals surface area contributed by atoms with Crippen LogP contribution in [0.4, 0.5) is 0 Å². The molecule has 24 heavy (non-hydrogen) atoms. The first-order valence-corrected chi connectivity index (χ1v) is 8.09. The third-order valence-electron chi connectivity index (χ3n) is 3.67. The summed E-state index contributed by atoms with van der Waals surface area (Å²) in [7, 11) is 1.61. The fourth-order valence-electron chi connectivity index (χ4n) is 2.25. The van der Waals surface area contributed by atoms with Crippen molar-refractivity contribution in [3.63, 3.8) is 0 Å². The van der Waals surface area contributed by atoms with E-state index in [2.05, 4.69) is 17.2 Å². The summed E-state index contributed by atoms with van der Waals surface area (Å²) in [4.78, 5) is 16.4. The van der Waals surface area contributed by atoms with Crippen LogP contribution in [-0.4, -0.2) is 24.6 Å². The van der Waals surface area contributed by atoms with Crippen molar-refractivity contribution in [2.45, 2.75) is 33.2 Å². The third kappa shape index (κ3) is 4.47. The van der Waals surface area contributed by atoms with Gasteiger partial charge in [-0.1, -0.05) is 13.0 Å². The van der Waals surface area contributed by atoms with E-state index in [1.807, 2.05) is 38.1 Å². The largest absolute Gasteiger partial charge is 0.493 e. The lowest BCUT2D eigenvalue weighted by Crippen LogP contribution is -2.26. The summed E-state index contributed by atoms with van der Waals surface area (Å²) in [6.45, 7) is 6.51. The normalized spacial score (nSPS) is 11.7. The van der Waals surface area contributed by atoms with Gasteiger partial charge in [-0.2, -0.15) is 0 Å². The van der Waals surface area contributed by atoms with E-state index in [4.69, 9.17) is 9.47 Å². The van der Waals surface area contributed by atoms with Crippen LogP contribution in [0.2, 0.25) is 0 Å². The van der Waals surface area contributed by atoms with Gasteiger partial charge in [0, 0.05) is 11.9 Å². The van der Waals surface area contributed by atoms with Crippen LogP contribution in [0, 0.1) is 6.92 Å². The second-order valence-corrected chi connectivity index (χ2v) is 5.64. The molecule has 128 valence electrons. The lowest BCUT2D eigenvalue weighted by atomic mass is 10.1. The Morgan fingerprint density at radius 1 is 1.25 bits per heavy atom. The number of nitrogens with one attached hydrogen (secondary N) is 1. The van der Waals surface area contributed by atoms with Gasteiger partial charge in [0.2, 0.25) is 0 Å². The van der Waals surface area contributed by atoms with Crippen LogP contribution >= 0.6 is 0 Å². The molecule has 0 aliphatic carbocycles.